The van der Waals surface area contributed by atoms with Gasteiger partial charge < -0.3 is 9.47 Å². The van der Waals surface area contributed by atoms with Crippen molar-refractivity contribution < 1.29 is 23.9 Å². The summed E-state index contributed by atoms with van der Waals surface area (Å²) < 4.78 is 12.3. The van der Waals surface area contributed by atoms with E-state index in [4.69, 9.17) is 21.1 Å². The van der Waals surface area contributed by atoms with Crippen LogP contribution in [0.3, 0.4) is 0 Å². The van der Waals surface area contributed by atoms with E-state index < -0.39 is 17.8 Å². The van der Waals surface area contributed by atoms with E-state index in [-0.39, 0.29) is 17.2 Å². The third-order valence-electron chi connectivity index (χ3n) is 5.74. The minimum Gasteiger partial charge on any atom is -0.493 e. The highest BCUT2D eigenvalue weighted by Crippen LogP contribution is 2.38. The van der Waals surface area contributed by atoms with Crippen LogP contribution < -0.4 is 19.7 Å². The maximum Gasteiger partial charge on any atom is 0.335 e. The van der Waals surface area contributed by atoms with Crippen molar-refractivity contribution in [2.75, 3.05) is 12.0 Å². The number of nitrogens with zero attached hydrogens (tertiary/aromatic N) is 1. The summed E-state index contributed by atoms with van der Waals surface area (Å²) in [6.45, 7) is 4.04. The molecule has 0 aliphatic carbocycles. The number of halogens is 2. The summed E-state index contributed by atoms with van der Waals surface area (Å²) in [6, 6.07) is 15.2. The number of imide groups is 2. The Bertz CT molecular complexity index is 1420. The van der Waals surface area contributed by atoms with Crippen molar-refractivity contribution in [2.24, 2.45) is 0 Å². The molecule has 1 aliphatic rings. The van der Waals surface area contributed by atoms with Crippen LogP contribution in [0.5, 0.6) is 11.5 Å². The molecule has 3 aromatic carbocycles. The number of nitrogens with one attached hydrogen (secondary N) is 1. The predicted octanol–water partition coefficient (Wildman–Crippen LogP) is 5.97. The molecule has 1 N–H and O–H groups in total. The van der Waals surface area contributed by atoms with Gasteiger partial charge in [0.1, 0.15) is 12.2 Å². The molecule has 184 valence electrons. The number of methoxy groups -OCH3 is 1. The summed E-state index contributed by atoms with van der Waals surface area (Å²) in [5.74, 6) is -0.888. The van der Waals surface area contributed by atoms with Crippen LogP contribution in [-0.4, -0.2) is 25.0 Å². The molecule has 1 fully saturated rings. The fourth-order valence-corrected chi connectivity index (χ4v) is 4.32. The van der Waals surface area contributed by atoms with Crippen LogP contribution in [0.2, 0.25) is 5.02 Å². The number of carbonyl (C=O) groups excluding carboxylic acids is 3. The monoisotopic (exact) mass is 568 g/mol. The zero-order valence-electron chi connectivity index (χ0n) is 19.7. The molecule has 0 spiro atoms. The Morgan fingerprint density at radius 1 is 1.03 bits per heavy atom. The molecule has 0 radical (unpaired) electrons. The Hall–Kier alpha value is -3.62. The molecular weight excluding hydrogens is 548 g/mol. The van der Waals surface area contributed by atoms with Crippen LogP contribution in [0.25, 0.3) is 6.08 Å². The lowest BCUT2D eigenvalue weighted by molar-refractivity contribution is -0.122. The average Bonchev–Trinajstić information content (AvgIpc) is 2.83. The van der Waals surface area contributed by atoms with Gasteiger partial charge in [-0.15, -0.1) is 0 Å². The van der Waals surface area contributed by atoms with Crippen LogP contribution >= 0.6 is 27.5 Å². The van der Waals surface area contributed by atoms with Crippen molar-refractivity contribution in [1.82, 2.24) is 5.32 Å². The lowest BCUT2D eigenvalue weighted by atomic mass is 10.0. The molecule has 4 rings (SSSR count). The smallest absolute Gasteiger partial charge is 0.335 e. The molecule has 0 saturated carbocycles. The van der Waals surface area contributed by atoms with Gasteiger partial charge in [-0.2, -0.15) is 0 Å². The summed E-state index contributed by atoms with van der Waals surface area (Å²) in [5.41, 5.74) is 3.42. The lowest BCUT2D eigenvalue weighted by Crippen LogP contribution is -2.54. The van der Waals surface area contributed by atoms with Gasteiger partial charge in [0.25, 0.3) is 11.8 Å². The van der Waals surface area contributed by atoms with Crippen LogP contribution in [0.15, 0.2) is 64.6 Å². The van der Waals surface area contributed by atoms with E-state index in [0.717, 1.165) is 26.1 Å². The first-order valence-electron chi connectivity index (χ1n) is 10.9. The van der Waals surface area contributed by atoms with Gasteiger partial charge in [-0.25, -0.2) is 9.69 Å². The molecule has 4 amide bonds. The van der Waals surface area contributed by atoms with Gasteiger partial charge in [-0.05, 0) is 66.9 Å². The summed E-state index contributed by atoms with van der Waals surface area (Å²) >= 11 is 9.98. The Morgan fingerprint density at radius 3 is 2.47 bits per heavy atom. The Morgan fingerprint density at radius 2 is 1.78 bits per heavy atom. The SMILES string of the molecule is COc1cc(/C=C2\C(=O)NC(=O)N(c3ccc(C)c(C)c3)C2=O)cc(Cl)c1OCc1ccccc1Br. The van der Waals surface area contributed by atoms with E-state index in [0.29, 0.717) is 22.7 Å². The average molecular weight is 570 g/mol. The van der Waals surface area contributed by atoms with Gasteiger partial charge in [0.05, 0.1) is 17.8 Å². The first-order chi connectivity index (χ1) is 17.2. The minimum atomic E-state index is -0.808. The van der Waals surface area contributed by atoms with Gasteiger partial charge in [0.2, 0.25) is 0 Å². The number of ether oxygens (including phenoxy) is 2. The van der Waals surface area contributed by atoms with Crippen molar-refractivity contribution in [1.29, 1.82) is 0 Å². The zero-order chi connectivity index (χ0) is 26.0. The van der Waals surface area contributed by atoms with Crippen LogP contribution in [0.1, 0.15) is 22.3 Å². The van der Waals surface area contributed by atoms with E-state index >= 15 is 0 Å². The Balaban J connectivity index is 1.66. The molecule has 7 nitrogen and oxygen atoms in total. The summed E-state index contributed by atoms with van der Waals surface area (Å²) in [5, 5.41) is 2.46. The maximum absolute atomic E-state index is 13.2. The highest BCUT2D eigenvalue weighted by molar-refractivity contribution is 9.10. The van der Waals surface area contributed by atoms with E-state index in [2.05, 4.69) is 21.2 Å². The highest BCUT2D eigenvalue weighted by atomic mass is 79.9. The maximum atomic E-state index is 13.2. The number of hydrogen-bond acceptors (Lipinski definition) is 5. The van der Waals surface area contributed by atoms with Gasteiger partial charge >= 0.3 is 6.03 Å². The largest absolute Gasteiger partial charge is 0.493 e. The fourth-order valence-electron chi connectivity index (χ4n) is 3.65. The molecule has 0 aromatic heterocycles. The van der Waals surface area contributed by atoms with E-state index in [9.17, 15) is 14.4 Å². The van der Waals surface area contributed by atoms with Crippen LogP contribution in [0.4, 0.5) is 10.5 Å². The number of amides is 4. The van der Waals surface area contributed by atoms with E-state index in [1.54, 1.807) is 24.3 Å². The van der Waals surface area contributed by atoms with Crippen LogP contribution in [-0.2, 0) is 16.2 Å². The molecule has 0 unspecified atom stereocenters. The Kier molecular flexibility index (Phi) is 7.47. The first-order valence-corrected chi connectivity index (χ1v) is 12.1. The zero-order valence-corrected chi connectivity index (χ0v) is 22.1. The van der Waals surface area contributed by atoms with Crippen molar-refractivity contribution in [3.05, 3.63) is 91.9 Å². The summed E-state index contributed by atoms with van der Waals surface area (Å²) in [6.07, 6.45) is 1.37. The van der Waals surface area contributed by atoms with Gasteiger partial charge in [-0.3, -0.25) is 14.9 Å². The number of carbonyl (C=O) groups is 3. The van der Waals surface area contributed by atoms with Gasteiger partial charge in [-0.1, -0.05) is 51.8 Å². The standard InChI is InChI=1S/C27H22BrClN2O5/c1-15-8-9-19(10-16(15)2)31-26(33)20(25(32)30-27(31)34)11-17-12-22(29)24(23(13-17)35-3)36-14-18-6-4-5-7-21(18)28/h4-13H,14H2,1-3H3,(H,30,32,34)/b20-11+. The quantitative estimate of drug-likeness (QED) is 0.292. The number of benzene rings is 3. The van der Waals surface area contributed by atoms with E-state index in [1.165, 1.54) is 13.2 Å². The second kappa shape index (κ2) is 10.6. The number of hydrogen-bond donors (Lipinski definition) is 1. The Labute approximate surface area is 221 Å². The number of anilines is 1. The van der Waals surface area contributed by atoms with E-state index in [1.807, 2.05) is 44.2 Å². The molecule has 9 heteroatoms. The number of urea groups is 1. The summed E-state index contributed by atoms with van der Waals surface area (Å²) in [7, 11) is 1.46. The fraction of sp³-hybridized carbons (Fsp3) is 0.148. The third-order valence-corrected chi connectivity index (χ3v) is 6.80. The molecule has 3 aromatic rings. The highest BCUT2D eigenvalue weighted by Gasteiger charge is 2.37. The predicted molar refractivity (Wildman–Crippen MR) is 141 cm³/mol. The second-order valence-corrected chi connectivity index (χ2v) is 9.40. The molecule has 1 saturated heterocycles. The molecule has 0 atom stereocenters. The molecular formula is C27H22BrClN2O5. The molecule has 0 bridgehead atoms. The summed E-state index contributed by atoms with van der Waals surface area (Å²) in [4.78, 5) is 39.2. The van der Waals surface area contributed by atoms with Crippen molar-refractivity contribution in [3.8, 4) is 11.5 Å². The number of barbiturate groups is 1. The second-order valence-electron chi connectivity index (χ2n) is 8.14. The number of rotatable bonds is 6. The molecule has 36 heavy (non-hydrogen) atoms. The minimum absolute atomic E-state index is 0.215. The topological polar surface area (TPSA) is 84.9 Å². The van der Waals surface area contributed by atoms with Crippen LogP contribution in [0, 0.1) is 13.8 Å². The molecule has 1 aliphatic heterocycles. The van der Waals surface area contributed by atoms with Gasteiger partial charge in [0.15, 0.2) is 11.5 Å². The van der Waals surface area contributed by atoms with Crippen molar-refractivity contribution in [3.63, 3.8) is 0 Å². The van der Waals surface area contributed by atoms with Crippen molar-refractivity contribution >= 4 is 57.1 Å². The third kappa shape index (κ3) is 5.15. The molecule has 1 heterocycles. The van der Waals surface area contributed by atoms with Crippen molar-refractivity contribution in [2.45, 2.75) is 20.5 Å². The normalized spacial score (nSPS) is 14.8. The first kappa shape index (κ1) is 25.5. The number of aryl methyl sites for hydroxylation is 2. The van der Waals surface area contributed by atoms with Gasteiger partial charge in [0, 0.05) is 10.0 Å². The lowest BCUT2D eigenvalue weighted by Gasteiger charge is -2.27.